The van der Waals surface area contributed by atoms with Crippen LogP contribution in [0.3, 0.4) is 0 Å². The fourth-order valence-electron chi connectivity index (χ4n) is 1.58. The van der Waals surface area contributed by atoms with E-state index in [-0.39, 0.29) is 24.9 Å². The highest BCUT2D eigenvalue weighted by Gasteiger charge is 2.07. The first-order chi connectivity index (χ1) is 8.67. The van der Waals surface area contributed by atoms with Crippen LogP contribution in [-0.4, -0.2) is 24.9 Å². The summed E-state index contributed by atoms with van der Waals surface area (Å²) in [6.45, 7) is 1.91. The van der Waals surface area contributed by atoms with Crippen LogP contribution in [-0.2, 0) is 16.0 Å². The van der Waals surface area contributed by atoms with Crippen molar-refractivity contribution in [2.75, 3.05) is 18.4 Å². The molecule has 0 bridgehead atoms. The van der Waals surface area contributed by atoms with Gasteiger partial charge < -0.3 is 16.4 Å². The number of nitrogens with one attached hydrogen (secondary N) is 2. The van der Waals surface area contributed by atoms with E-state index in [1.807, 2.05) is 24.3 Å². The second kappa shape index (κ2) is 7.45. The van der Waals surface area contributed by atoms with E-state index in [0.29, 0.717) is 0 Å². The van der Waals surface area contributed by atoms with Crippen molar-refractivity contribution in [1.29, 1.82) is 0 Å². The van der Waals surface area contributed by atoms with Crippen LogP contribution < -0.4 is 16.4 Å². The molecule has 0 aliphatic rings. The Labute approximate surface area is 107 Å². The number of anilines is 1. The summed E-state index contributed by atoms with van der Waals surface area (Å²) in [6.07, 6.45) is 1.92. The number of hydrogen-bond donors (Lipinski definition) is 3. The van der Waals surface area contributed by atoms with E-state index in [9.17, 15) is 9.59 Å². The maximum absolute atomic E-state index is 11.6. The molecule has 1 aromatic carbocycles. The van der Waals surface area contributed by atoms with Crippen molar-refractivity contribution in [3.63, 3.8) is 0 Å². The van der Waals surface area contributed by atoms with Gasteiger partial charge in [-0.3, -0.25) is 9.59 Å². The number of para-hydroxylation sites is 1. The molecule has 98 valence electrons. The van der Waals surface area contributed by atoms with E-state index >= 15 is 0 Å². The van der Waals surface area contributed by atoms with Gasteiger partial charge in [-0.1, -0.05) is 31.5 Å². The van der Waals surface area contributed by atoms with Gasteiger partial charge in [0.1, 0.15) is 0 Å². The zero-order valence-corrected chi connectivity index (χ0v) is 10.5. The highest BCUT2D eigenvalue weighted by atomic mass is 16.2. The van der Waals surface area contributed by atoms with Crippen molar-refractivity contribution in [2.24, 2.45) is 5.73 Å². The minimum atomic E-state index is -0.341. The van der Waals surface area contributed by atoms with E-state index in [2.05, 4.69) is 17.6 Å². The van der Waals surface area contributed by atoms with Gasteiger partial charge in [0.2, 0.25) is 11.8 Å². The van der Waals surface area contributed by atoms with Gasteiger partial charge in [0.05, 0.1) is 13.1 Å². The molecule has 2 amide bonds. The smallest absolute Gasteiger partial charge is 0.243 e. The van der Waals surface area contributed by atoms with E-state index < -0.39 is 0 Å². The summed E-state index contributed by atoms with van der Waals surface area (Å²) >= 11 is 0. The first-order valence-corrected chi connectivity index (χ1v) is 6.02. The van der Waals surface area contributed by atoms with E-state index in [1.165, 1.54) is 0 Å². The maximum atomic E-state index is 11.6. The van der Waals surface area contributed by atoms with Crippen molar-refractivity contribution < 1.29 is 9.59 Å². The van der Waals surface area contributed by atoms with Crippen LogP contribution in [0.25, 0.3) is 0 Å². The molecule has 0 aliphatic heterocycles. The third-order valence-electron chi connectivity index (χ3n) is 2.44. The largest absolute Gasteiger partial charge is 0.346 e. The van der Waals surface area contributed by atoms with Crippen molar-refractivity contribution in [1.82, 2.24) is 5.32 Å². The van der Waals surface area contributed by atoms with Crippen molar-refractivity contribution in [3.05, 3.63) is 29.8 Å². The molecule has 0 fully saturated rings. The van der Waals surface area contributed by atoms with E-state index in [0.717, 1.165) is 24.1 Å². The van der Waals surface area contributed by atoms with Crippen LogP contribution in [0, 0.1) is 0 Å². The zero-order valence-electron chi connectivity index (χ0n) is 10.5. The van der Waals surface area contributed by atoms with Gasteiger partial charge >= 0.3 is 0 Å². The SMILES string of the molecule is CCCc1ccccc1NC(=O)CNC(=O)CN. The van der Waals surface area contributed by atoms with Crippen molar-refractivity contribution in [2.45, 2.75) is 19.8 Å². The average molecular weight is 249 g/mol. The number of nitrogens with two attached hydrogens (primary N) is 1. The number of benzene rings is 1. The molecule has 1 rings (SSSR count). The lowest BCUT2D eigenvalue weighted by atomic mass is 10.1. The van der Waals surface area contributed by atoms with Crippen LogP contribution in [0.2, 0.25) is 0 Å². The molecule has 0 aromatic heterocycles. The lowest BCUT2D eigenvalue weighted by Crippen LogP contribution is -2.36. The molecule has 5 nitrogen and oxygen atoms in total. The summed E-state index contributed by atoms with van der Waals surface area (Å²) in [5.41, 5.74) is 7.02. The number of aryl methyl sites for hydroxylation is 1. The predicted octanol–water partition coefficient (Wildman–Crippen LogP) is 0.653. The minimum absolute atomic E-state index is 0.0590. The molecule has 0 spiro atoms. The summed E-state index contributed by atoms with van der Waals surface area (Å²) < 4.78 is 0. The first kappa shape index (κ1) is 14.2. The van der Waals surface area contributed by atoms with Gasteiger partial charge in [0.15, 0.2) is 0 Å². The topological polar surface area (TPSA) is 84.2 Å². The Bertz CT molecular complexity index is 418. The Morgan fingerprint density at radius 2 is 1.94 bits per heavy atom. The molecule has 5 heteroatoms. The monoisotopic (exact) mass is 249 g/mol. The zero-order chi connectivity index (χ0) is 13.4. The Morgan fingerprint density at radius 1 is 1.22 bits per heavy atom. The molecule has 0 unspecified atom stereocenters. The lowest BCUT2D eigenvalue weighted by Gasteiger charge is -2.10. The molecular weight excluding hydrogens is 230 g/mol. The van der Waals surface area contributed by atoms with Gasteiger partial charge in [-0.2, -0.15) is 0 Å². The van der Waals surface area contributed by atoms with E-state index in [4.69, 9.17) is 5.73 Å². The molecule has 4 N–H and O–H groups in total. The van der Waals surface area contributed by atoms with Crippen molar-refractivity contribution in [3.8, 4) is 0 Å². The molecule has 0 heterocycles. The fourth-order valence-corrected chi connectivity index (χ4v) is 1.58. The third kappa shape index (κ3) is 4.55. The summed E-state index contributed by atoms with van der Waals surface area (Å²) in [4.78, 5) is 22.5. The molecule has 0 saturated carbocycles. The van der Waals surface area contributed by atoms with E-state index in [1.54, 1.807) is 0 Å². The number of rotatable bonds is 6. The Morgan fingerprint density at radius 3 is 2.61 bits per heavy atom. The standard InChI is InChI=1S/C13H19N3O2/c1-2-5-10-6-3-4-7-11(10)16-13(18)9-15-12(17)8-14/h3-4,6-7H,2,5,8-9,14H2,1H3,(H,15,17)(H,16,18). The molecule has 0 aliphatic carbocycles. The average Bonchev–Trinajstić information content (AvgIpc) is 2.38. The Hall–Kier alpha value is -1.88. The fraction of sp³-hybridized carbons (Fsp3) is 0.385. The van der Waals surface area contributed by atoms with Crippen LogP contribution in [0.5, 0.6) is 0 Å². The van der Waals surface area contributed by atoms with Gasteiger partial charge in [0.25, 0.3) is 0 Å². The highest BCUT2D eigenvalue weighted by Crippen LogP contribution is 2.16. The highest BCUT2D eigenvalue weighted by molar-refractivity contribution is 5.95. The van der Waals surface area contributed by atoms with Gasteiger partial charge in [-0.05, 0) is 18.1 Å². The molecule has 0 saturated heterocycles. The summed E-state index contributed by atoms with van der Waals surface area (Å²) in [7, 11) is 0. The molecule has 18 heavy (non-hydrogen) atoms. The minimum Gasteiger partial charge on any atom is -0.346 e. The Kier molecular flexibility index (Phi) is 5.87. The molecule has 0 atom stereocenters. The number of hydrogen-bond acceptors (Lipinski definition) is 3. The third-order valence-corrected chi connectivity index (χ3v) is 2.44. The van der Waals surface area contributed by atoms with Gasteiger partial charge in [-0.15, -0.1) is 0 Å². The summed E-state index contributed by atoms with van der Waals surface area (Å²) in [5.74, 6) is -0.590. The second-order valence-corrected chi connectivity index (χ2v) is 3.94. The number of amides is 2. The van der Waals surface area contributed by atoms with Crippen LogP contribution in [0.4, 0.5) is 5.69 Å². The van der Waals surface area contributed by atoms with Gasteiger partial charge in [-0.25, -0.2) is 0 Å². The number of carbonyl (C=O) groups excluding carboxylic acids is 2. The van der Waals surface area contributed by atoms with Crippen LogP contribution >= 0.6 is 0 Å². The first-order valence-electron chi connectivity index (χ1n) is 6.02. The van der Waals surface area contributed by atoms with Crippen LogP contribution in [0.15, 0.2) is 24.3 Å². The molecule has 1 aromatic rings. The number of carbonyl (C=O) groups is 2. The van der Waals surface area contributed by atoms with Crippen molar-refractivity contribution >= 4 is 17.5 Å². The normalized spacial score (nSPS) is 9.89. The maximum Gasteiger partial charge on any atom is 0.243 e. The lowest BCUT2D eigenvalue weighted by molar-refractivity contribution is -0.123. The quantitative estimate of drug-likeness (QED) is 0.692. The summed E-state index contributed by atoms with van der Waals surface area (Å²) in [6, 6.07) is 7.65. The van der Waals surface area contributed by atoms with Crippen LogP contribution in [0.1, 0.15) is 18.9 Å². The predicted molar refractivity (Wildman–Crippen MR) is 71.1 cm³/mol. The molecule has 0 radical (unpaired) electrons. The molecular formula is C13H19N3O2. The Balaban J connectivity index is 2.56. The summed E-state index contributed by atoms with van der Waals surface area (Å²) in [5, 5.41) is 5.21. The van der Waals surface area contributed by atoms with Gasteiger partial charge in [0, 0.05) is 5.69 Å². The second-order valence-electron chi connectivity index (χ2n) is 3.94.